The number of anilines is 1. The number of hydrogen-bond donors (Lipinski definition) is 0. The molecule has 1 aliphatic rings. The number of nitrogens with zero attached hydrogens (tertiary/aromatic N) is 1. The molecule has 0 radical (unpaired) electrons. The lowest BCUT2D eigenvalue weighted by Gasteiger charge is -2.10. The number of carbonyl (C=O) groups is 1. The summed E-state index contributed by atoms with van der Waals surface area (Å²) in [6, 6.07) is 12.0. The van der Waals surface area contributed by atoms with Crippen LogP contribution >= 0.6 is 0 Å². The van der Waals surface area contributed by atoms with Crippen molar-refractivity contribution >= 4 is 23.2 Å². The van der Waals surface area contributed by atoms with Crippen LogP contribution in [0.15, 0.2) is 36.4 Å². The second-order valence-electron chi connectivity index (χ2n) is 5.62. The molecule has 1 aliphatic heterocycles. The average molecular weight is 293 g/mol. The van der Waals surface area contributed by atoms with Gasteiger partial charge in [0.25, 0.3) is 5.91 Å². The number of carbonyl (C=O) groups excluding carboxylic acids is 1. The van der Waals surface area contributed by atoms with Gasteiger partial charge in [-0.1, -0.05) is 18.2 Å². The first-order valence-electron chi connectivity index (χ1n) is 7.27. The van der Waals surface area contributed by atoms with Crippen LogP contribution in [0.25, 0.3) is 11.6 Å². The molecule has 0 bridgehead atoms. The number of amides is 1. The van der Waals surface area contributed by atoms with Gasteiger partial charge < -0.3 is 9.64 Å². The summed E-state index contributed by atoms with van der Waals surface area (Å²) in [4.78, 5) is 14.2. The molecule has 0 unspecified atom stereocenters. The molecule has 0 spiro atoms. The van der Waals surface area contributed by atoms with Crippen LogP contribution in [0.2, 0.25) is 0 Å². The molecule has 0 atom stereocenters. The van der Waals surface area contributed by atoms with E-state index in [1.807, 2.05) is 57.3 Å². The summed E-state index contributed by atoms with van der Waals surface area (Å²) in [5, 5.41) is 0. The molecule has 0 aliphatic carbocycles. The van der Waals surface area contributed by atoms with Gasteiger partial charge >= 0.3 is 0 Å². The van der Waals surface area contributed by atoms with Crippen LogP contribution in [0.4, 0.5) is 5.69 Å². The van der Waals surface area contributed by atoms with Crippen LogP contribution in [0.5, 0.6) is 5.75 Å². The second kappa shape index (κ2) is 5.34. The standard InChI is InChI=1S/C19H19NO2/c1-12-10-18(22-4)13(2)9-14(12)11-16-15-7-5-6-8-17(15)20(3)19(16)21/h5-11H,1-4H3/b16-11+. The zero-order valence-corrected chi connectivity index (χ0v) is 13.3. The van der Waals surface area contributed by atoms with Crippen molar-refractivity contribution in [3.05, 3.63) is 58.7 Å². The van der Waals surface area contributed by atoms with Gasteiger partial charge in [-0.05, 0) is 54.8 Å². The monoisotopic (exact) mass is 293 g/mol. The van der Waals surface area contributed by atoms with Crippen LogP contribution in [0.3, 0.4) is 0 Å². The summed E-state index contributed by atoms with van der Waals surface area (Å²) >= 11 is 0. The fourth-order valence-corrected chi connectivity index (χ4v) is 2.88. The summed E-state index contributed by atoms with van der Waals surface area (Å²) in [7, 11) is 3.49. The number of rotatable bonds is 2. The van der Waals surface area contributed by atoms with E-state index in [0.717, 1.165) is 39.3 Å². The lowest BCUT2D eigenvalue weighted by molar-refractivity contribution is -0.112. The average Bonchev–Trinajstić information content (AvgIpc) is 2.76. The fraction of sp³-hybridized carbons (Fsp3) is 0.211. The number of ether oxygens (including phenoxy) is 1. The molecule has 1 amide bonds. The summed E-state index contributed by atoms with van der Waals surface area (Å²) < 4.78 is 5.35. The van der Waals surface area contributed by atoms with Crippen LogP contribution in [0, 0.1) is 13.8 Å². The predicted molar refractivity (Wildman–Crippen MR) is 90.2 cm³/mol. The van der Waals surface area contributed by atoms with Gasteiger partial charge in [0.05, 0.1) is 12.8 Å². The minimum absolute atomic E-state index is 0.0362. The Balaban J connectivity index is 2.14. The van der Waals surface area contributed by atoms with Gasteiger partial charge in [-0.3, -0.25) is 4.79 Å². The first-order valence-corrected chi connectivity index (χ1v) is 7.27. The Morgan fingerprint density at radius 3 is 2.55 bits per heavy atom. The quantitative estimate of drug-likeness (QED) is 0.788. The van der Waals surface area contributed by atoms with Crippen molar-refractivity contribution in [1.82, 2.24) is 0 Å². The molecular weight excluding hydrogens is 274 g/mol. The highest BCUT2D eigenvalue weighted by molar-refractivity contribution is 6.35. The van der Waals surface area contributed by atoms with Crippen molar-refractivity contribution in [2.24, 2.45) is 0 Å². The van der Waals surface area contributed by atoms with Crippen LogP contribution < -0.4 is 9.64 Å². The van der Waals surface area contributed by atoms with Gasteiger partial charge in [0, 0.05) is 18.2 Å². The highest BCUT2D eigenvalue weighted by Gasteiger charge is 2.29. The van der Waals surface area contributed by atoms with E-state index in [-0.39, 0.29) is 5.91 Å². The normalized spacial score (nSPS) is 15.4. The van der Waals surface area contributed by atoms with E-state index in [2.05, 4.69) is 6.07 Å². The number of hydrogen-bond acceptors (Lipinski definition) is 2. The van der Waals surface area contributed by atoms with Crippen LogP contribution in [0.1, 0.15) is 22.3 Å². The maximum absolute atomic E-state index is 12.5. The Morgan fingerprint density at radius 1 is 1.09 bits per heavy atom. The largest absolute Gasteiger partial charge is 0.496 e. The highest BCUT2D eigenvalue weighted by Crippen LogP contribution is 2.37. The molecule has 1 heterocycles. The topological polar surface area (TPSA) is 29.5 Å². The molecule has 3 nitrogen and oxygen atoms in total. The lowest BCUT2D eigenvalue weighted by Crippen LogP contribution is -2.20. The van der Waals surface area contributed by atoms with E-state index in [0.29, 0.717) is 0 Å². The van der Waals surface area contributed by atoms with Gasteiger partial charge in [-0.2, -0.15) is 0 Å². The molecule has 0 aromatic heterocycles. The predicted octanol–water partition coefficient (Wildman–Crippen LogP) is 3.83. The Kier molecular flexibility index (Phi) is 3.49. The summed E-state index contributed by atoms with van der Waals surface area (Å²) in [5.41, 5.74) is 5.89. The van der Waals surface area contributed by atoms with E-state index < -0.39 is 0 Å². The van der Waals surface area contributed by atoms with Crippen molar-refractivity contribution in [2.45, 2.75) is 13.8 Å². The van der Waals surface area contributed by atoms with Crippen molar-refractivity contribution in [3.63, 3.8) is 0 Å². The zero-order chi connectivity index (χ0) is 15.9. The molecule has 0 fully saturated rings. The number of methoxy groups -OCH3 is 1. The van der Waals surface area contributed by atoms with Crippen molar-refractivity contribution in [3.8, 4) is 5.75 Å². The number of fused-ring (bicyclic) bond motifs is 1. The first-order chi connectivity index (χ1) is 10.5. The molecule has 22 heavy (non-hydrogen) atoms. The maximum atomic E-state index is 12.5. The van der Waals surface area contributed by atoms with E-state index in [1.165, 1.54) is 0 Å². The Hall–Kier alpha value is -2.55. The summed E-state index contributed by atoms with van der Waals surface area (Å²) in [6.07, 6.45) is 1.98. The summed E-state index contributed by atoms with van der Waals surface area (Å²) in [5.74, 6) is 0.906. The Labute approximate surface area is 130 Å². The zero-order valence-electron chi connectivity index (χ0n) is 13.3. The van der Waals surface area contributed by atoms with Crippen LogP contribution in [-0.4, -0.2) is 20.1 Å². The minimum Gasteiger partial charge on any atom is -0.496 e. The van der Waals surface area contributed by atoms with Gasteiger partial charge in [-0.25, -0.2) is 0 Å². The van der Waals surface area contributed by atoms with Gasteiger partial charge in [0.1, 0.15) is 5.75 Å². The SMILES string of the molecule is COc1cc(C)c(/C=C2/C(=O)N(C)c3ccccc32)cc1C. The molecule has 112 valence electrons. The van der Waals surface area contributed by atoms with E-state index >= 15 is 0 Å². The first kappa shape index (κ1) is 14.4. The molecule has 2 aromatic rings. The molecule has 3 heteroatoms. The van der Waals surface area contributed by atoms with Crippen molar-refractivity contribution in [1.29, 1.82) is 0 Å². The van der Waals surface area contributed by atoms with E-state index in [9.17, 15) is 4.79 Å². The van der Waals surface area contributed by atoms with E-state index in [4.69, 9.17) is 4.74 Å². The molecule has 2 aromatic carbocycles. The van der Waals surface area contributed by atoms with Gasteiger partial charge in [0.2, 0.25) is 0 Å². The highest BCUT2D eigenvalue weighted by atomic mass is 16.5. The third kappa shape index (κ3) is 2.19. The fourth-order valence-electron chi connectivity index (χ4n) is 2.88. The number of likely N-dealkylation sites (N-methyl/N-ethyl adjacent to an activating group) is 1. The van der Waals surface area contributed by atoms with Gasteiger partial charge in [0.15, 0.2) is 0 Å². The maximum Gasteiger partial charge on any atom is 0.258 e. The molecule has 0 N–H and O–H groups in total. The van der Waals surface area contributed by atoms with Crippen molar-refractivity contribution in [2.75, 3.05) is 19.1 Å². The second-order valence-corrected chi connectivity index (χ2v) is 5.62. The molecular formula is C19H19NO2. The van der Waals surface area contributed by atoms with E-state index in [1.54, 1.807) is 12.0 Å². The third-order valence-electron chi connectivity index (χ3n) is 4.17. The van der Waals surface area contributed by atoms with Gasteiger partial charge in [-0.15, -0.1) is 0 Å². The summed E-state index contributed by atoms with van der Waals surface area (Å²) in [6.45, 7) is 4.04. The molecule has 0 saturated heterocycles. The smallest absolute Gasteiger partial charge is 0.258 e. The third-order valence-corrected chi connectivity index (χ3v) is 4.17. The molecule has 3 rings (SSSR count). The molecule has 0 saturated carbocycles. The number of benzene rings is 2. The minimum atomic E-state index is 0.0362. The van der Waals surface area contributed by atoms with Crippen LogP contribution in [-0.2, 0) is 4.79 Å². The Bertz CT molecular complexity index is 790. The van der Waals surface area contributed by atoms with Crippen molar-refractivity contribution < 1.29 is 9.53 Å². The Morgan fingerprint density at radius 2 is 1.82 bits per heavy atom. The number of para-hydroxylation sites is 1. The lowest BCUT2D eigenvalue weighted by atomic mass is 9.99. The number of aryl methyl sites for hydroxylation is 2.